The SMILES string of the molecule is O=C(c1cc2cc(F)ccc2[nH]1)N1CCN(c2ncc(C(F)(F)F)cc2Cl)CC1. The molecule has 1 amide bonds. The summed E-state index contributed by atoms with van der Waals surface area (Å²) < 4.78 is 51.6. The van der Waals surface area contributed by atoms with Gasteiger partial charge in [0, 0.05) is 43.3 Å². The van der Waals surface area contributed by atoms with Gasteiger partial charge < -0.3 is 14.8 Å². The van der Waals surface area contributed by atoms with E-state index in [4.69, 9.17) is 11.6 Å². The van der Waals surface area contributed by atoms with Gasteiger partial charge in [-0.3, -0.25) is 4.79 Å². The zero-order valence-electron chi connectivity index (χ0n) is 14.9. The molecule has 0 atom stereocenters. The number of alkyl halides is 3. The average molecular weight is 427 g/mol. The number of rotatable bonds is 2. The monoisotopic (exact) mass is 426 g/mol. The number of hydrogen-bond donors (Lipinski definition) is 1. The van der Waals surface area contributed by atoms with Crippen LogP contribution in [0.15, 0.2) is 36.5 Å². The normalized spacial score (nSPS) is 15.2. The summed E-state index contributed by atoms with van der Waals surface area (Å²) in [7, 11) is 0. The molecule has 3 aromatic rings. The lowest BCUT2D eigenvalue weighted by Crippen LogP contribution is -2.49. The second kappa shape index (κ2) is 7.22. The number of carbonyl (C=O) groups excluding carboxylic acids is 1. The van der Waals surface area contributed by atoms with Crippen LogP contribution in [0.3, 0.4) is 0 Å². The number of H-pyrrole nitrogens is 1. The molecule has 4 rings (SSSR count). The van der Waals surface area contributed by atoms with Crippen LogP contribution in [0, 0.1) is 5.82 Å². The van der Waals surface area contributed by atoms with E-state index in [0.29, 0.717) is 42.8 Å². The van der Waals surface area contributed by atoms with Crippen molar-refractivity contribution in [1.82, 2.24) is 14.9 Å². The van der Waals surface area contributed by atoms with E-state index in [0.717, 1.165) is 12.3 Å². The van der Waals surface area contributed by atoms with Crippen molar-refractivity contribution in [2.45, 2.75) is 6.18 Å². The highest BCUT2D eigenvalue weighted by molar-refractivity contribution is 6.33. The lowest BCUT2D eigenvalue weighted by molar-refractivity contribution is -0.137. The van der Waals surface area contributed by atoms with E-state index in [9.17, 15) is 22.4 Å². The van der Waals surface area contributed by atoms with Crippen LogP contribution in [-0.2, 0) is 6.18 Å². The molecule has 0 saturated carbocycles. The maximum atomic E-state index is 13.3. The summed E-state index contributed by atoms with van der Waals surface area (Å²) in [5.41, 5.74) is 0.106. The minimum absolute atomic E-state index is 0.0859. The molecule has 0 spiro atoms. The molecule has 2 aromatic heterocycles. The Morgan fingerprint density at radius 1 is 1.10 bits per heavy atom. The summed E-state index contributed by atoms with van der Waals surface area (Å²) >= 11 is 6.00. The average Bonchev–Trinajstić information content (AvgIpc) is 3.10. The highest BCUT2D eigenvalue weighted by atomic mass is 35.5. The zero-order valence-corrected chi connectivity index (χ0v) is 15.7. The van der Waals surface area contributed by atoms with Crippen LogP contribution in [0.1, 0.15) is 16.1 Å². The number of nitrogens with zero attached hydrogens (tertiary/aromatic N) is 3. The van der Waals surface area contributed by atoms with Crippen LogP contribution in [0.4, 0.5) is 23.4 Å². The molecule has 0 aliphatic carbocycles. The number of nitrogens with one attached hydrogen (secondary N) is 1. The van der Waals surface area contributed by atoms with Gasteiger partial charge in [-0.15, -0.1) is 0 Å². The lowest BCUT2D eigenvalue weighted by Gasteiger charge is -2.35. The van der Waals surface area contributed by atoms with Crippen LogP contribution >= 0.6 is 11.6 Å². The first kappa shape index (κ1) is 19.5. The summed E-state index contributed by atoms with van der Waals surface area (Å²) in [6.07, 6.45) is -3.76. The number of aromatic nitrogens is 2. The number of amides is 1. The highest BCUT2D eigenvalue weighted by Gasteiger charge is 2.32. The van der Waals surface area contributed by atoms with Gasteiger partial charge in [0.05, 0.1) is 10.6 Å². The van der Waals surface area contributed by atoms with Gasteiger partial charge in [-0.25, -0.2) is 9.37 Å². The molecular weight excluding hydrogens is 412 g/mol. The predicted octanol–water partition coefficient (Wildman–Crippen LogP) is 4.34. The number of fused-ring (bicyclic) bond motifs is 1. The number of aromatic amines is 1. The molecule has 1 fully saturated rings. The van der Waals surface area contributed by atoms with Gasteiger partial charge in [-0.2, -0.15) is 13.2 Å². The molecule has 10 heteroatoms. The van der Waals surface area contributed by atoms with E-state index < -0.39 is 11.7 Å². The summed E-state index contributed by atoms with van der Waals surface area (Å²) in [5, 5.41) is 0.518. The molecule has 1 aliphatic heterocycles. The maximum Gasteiger partial charge on any atom is 0.417 e. The maximum absolute atomic E-state index is 13.3. The first-order valence-electron chi connectivity index (χ1n) is 8.77. The van der Waals surface area contributed by atoms with E-state index >= 15 is 0 Å². The van der Waals surface area contributed by atoms with Crippen LogP contribution in [0.25, 0.3) is 10.9 Å². The van der Waals surface area contributed by atoms with Crippen molar-refractivity contribution < 1.29 is 22.4 Å². The van der Waals surface area contributed by atoms with Gasteiger partial charge in [0.15, 0.2) is 0 Å². The van der Waals surface area contributed by atoms with Crippen molar-refractivity contribution in [2.24, 2.45) is 0 Å². The van der Waals surface area contributed by atoms with Crippen LogP contribution in [-0.4, -0.2) is 47.0 Å². The first-order chi connectivity index (χ1) is 13.7. The van der Waals surface area contributed by atoms with Gasteiger partial charge in [-0.1, -0.05) is 11.6 Å². The van der Waals surface area contributed by atoms with Crippen LogP contribution in [0.5, 0.6) is 0 Å². The number of pyridine rings is 1. The first-order valence-corrected chi connectivity index (χ1v) is 9.15. The number of carbonyl (C=O) groups is 1. The minimum Gasteiger partial charge on any atom is -0.352 e. The van der Waals surface area contributed by atoms with Crippen molar-refractivity contribution in [3.05, 3.63) is 58.6 Å². The Morgan fingerprint density at radius 2 is 1.83 bits per heavy atom. The molecule has 0 radical (unpaired) electrons. The summed E-state index contributed by atoms with van der Waals surface area (Å²) in [5.74, 6) is -0.356. The van der Waals surface area contributed by atoms with Gasteiger partial charge in [0.1, 0.15) is 17.3 Å². The van der Waals surface area contributed by atoms with Crippen LogP contribution < -0.4 is 4.90 Å². The van der Waals surface area contributed by atoms with E-state index in [2.05, 4.69) is 9.97 Å². The van der Waals surface area contributed by atoms with Crippen molar-refractivity contribution in [1.29, 1.82) is 0 Å². The Kier molecular flexibility index (Phi) is 4.85. The molecule has 1 aromatic carbocycles. The Balaban J connectivity index is 1.45. The topological polar surface area (TPSA) is 52.2 Å². The van der Waals surface area contributed by atoms with Crippen molar-refractivity contribution in [3.8, 4) is 0 Å². The fraction of sp³-hybridized carbons (Fsp3) is 0.263. The third kappa shape index (κ3) is 3.87. The smallest absolute Gasteiger partial charge is 0.352 e. The van der Waals surface area contributed by atoms with E-state index in [1.54, 1.807) is 21.9 Å². The van der Waals surface area contributed by atoms with Crippen molar-refractivity contribution >= 4 is 34.2 Å². The Bertz CT molecular complexity index is 1070. The standard InChI is InChI=1S/C19H15ClF4N4O/c20-14-9-12(19(22,23)24)10-25-17(14)27-3-5-28(6-4-27)18(29)16-8-11-7-13(21)1-2-15(11)26-16/h1-2,7-10,26H,3-6H2. The van der Waals surface area contributed by atoms with Gasteiger partial charge in [0.2, 0.25) is 0 Å². The second-order valence-corrected chi connectivity index (χ2v) is 7.13. The van der Waals surface area contributed by atoms with E-state index in [-0.39, 0.29) is 22.6 Å². The second-order valence-electron chi connectivity index (χ2n) is 6.72. The molecule has 5 nitrogen and oxygen atoms in total. The summed E-state index contributed by atoms with van der Waals surface area (Å²) in [6.45, 7) is 1.44. The molecule has 152 valence electrons. The fourth-order valence-corrected chi connectivity index (χ4v) is 3.61. The third-order valence-corrected chi connectivity index (χ3v) is 5.11. The van der Waals surface area contributed by atoms with Crippen LogP contribution in [0.2, 0.25) is 5.02 Å². The Morgan fingerprint density at radius 3 is 2.48 bits per heavy atom. The largest absolute Gasteiger partial charge is 0.417 e. The van der Waals surface area contributed by atoms with E-state index in [1.165, 1.54) is 12.1 Å². The molecule has 1 saturated heterocycles. The molecule has 29 heavy (non-hydrogen) atoms. The molecule has 1 N–H and O–H groups in total. The quantitative estimate of drug-likeness (QED) is 0.620. The third-order valence-electron chi connectivity index (χ3n) is 4.83. The predicted molar refractivity (Wildman–Crippen MR) is 101 cm³/mol. The zero-order chi connectivity index (χ0) is 20.8. The number of hydrogen-bond acceptors (Lipinski definition) is 3. The molecule has 0 bridgehead atoms. The summed E-state index contributed by atoms with van der Waals surface area (Å²) in [4.78, 5) is 22.9. The summed E-state index contributed by atoms with van der Waals surface area (Å²) in [6, 6.07) is 6.68. The number of halogens is 5. The molecule has 1 aliphatic rings. The number of benzene rings is 1. The minimum atomic E-state index is -4.51. The number of anilines is 1. The molecule has 0 unspecified atom stereocenters. The molecular formula is C19H15ClF4N4O. The van der Waals surface area contributed by atoms with Gasteiger partial charge in [0.25, 0.3) is 5.91 Å². The Labute approximate surface area is 167 Å². The van der Waals surface area contributed by atoms with Gasteiger partial charge in [-0.05, 0) is 30.3 Å². The number of piperazine rings is 1. The lowest BCUT2D eigenvalue weighted by atomic mass is 10.2. The fourth-order valence-electron chi connectivity index (χ4n) is 3.33. The van der Waals surface area contributed by atoms with Gasteiger partial charge >= 0.3 is 6.18 Å². The highest BCUT2D eigenvalue weighted by Crippen LogP contribution is 2.33. The van der Waals surface area contributed by atoms with Crippen molar-refractivity contribution in [3.63, 3.8) is 0 Å². The molecule has 3 heterocycles. The van der Waals surface area contributed by atoms with Crippen molar-refractivity contribution in [2.75, 3.05) is 31.1 Å². The Hall–Kier alpha value is -2.81. The van der Waals surface area contributed by atoms with E-state index in [1.807, 2.05) is 0 Å².